The number of benzene rings is 1. The van der Waals surface area contributed by atoms with Crippen LogP contribution >= 0.6 is 11.6 Å². The molecule has 0 unspecified atom stereocenters. The van der Waals surface area contributed by atoms with Crippen LogP contribution in [0.1, 0.15) is 56.3 Å². The SMILES string of the molecule is CC(C)OC(=O)c1cc(N2C(=O)NC3(CCCCC3)C2=O)c(F)cc1Cl. The second kappa shape index (κ2) is 6.87. The molecule has 140 valence electrons. The number of carbonyl (C=O) groups is 3. The van der Waals surface area contributed by atoms with Crippen LogP contribution in [-0.4, -0.2) is 29.6 Å². The second-order valence-corrected chi connectivity index (χ2v) is 7.36. The van der Waals surface area contributed by atoms with Gasteiger partial charge in [0.2, 0.25) is 0 Å². The first-order valence-electron chi connectivity index (χ1n) is 8.62. The molecule has 1 saturated heterocycles. The van der Waals surface area contributed by atoms with Crippen molar-refractivity contribution in [3.05, 3.63) is 28.5 Å². The first kappa shape index (κ1) is 18.6. The summed E-state index contributed by atoms with van der Waals surface area (Å²) in [5.74, 6) is -2.09. The summed E-state index contributed by atoms with van der Waals surface area (Å²) in [5, 5.41) is 2.57. The lowest BCUT2D eigenvalue weighted by Gasteiger charge is -2.30. The van der Waals surface area contributed by atoms with Gasteiger partial charge in [-0.05, 0) is 38.8 Å². The zero-order valence-corrected chi connectivity index (χ0v) is 15.4. The standard InChI is InChI=1S/C18H20ClFN2O4/c1-10(2)26-15(23)11-8-14(13(20)9-12(11)19)22-16(24)18(21-17(22)25)6-4-3-5-7-18/h8-10H,3-7H2,1-2H3,(H,21,25). The molecule has 0 aromatic heterocycles. The number of ether oxygens (including phenoxy) is 1. The van der Waals surface area contributed by atoms with E-state index in [0.717, 1.165) is 36.3 Å². The Bertz CT molecular complexity index is 775. The molecule has 1 aliphatic carbocycles. The lowest BCUT2D eigenvalue weighted by atomic mass is 9.81. The molecule has 1 spiro atoms. The summed E-state index contributed by atoms with van der Waals surface area (Å²) < 4.78 is 19.6. The number of amides is 3. The van der Waals surface area contributed by atoms with Crippen molar-refractivity contribution in [2.45, 2.75) is 57.6 Å². The minimum absolute atomic E-state index is 0.0954. The number of carbonyl (C=O) groups excluding carboxylic acids is 3. The monoisotopic (exact) mass is 382 g/mol. The molecular formula is C18H20ClFN2O4. The molecule has 1 aromatic rings. The molecule has 1 saturated carbocycles. The van der Waals surface area contributed by atoms with E-state index in [-0.39, 0.29) is 16.3 Å². The molecule has 1 N–H and O–H groups in total. The molecular weight excluding hydrogens is 363 g/mol. The Labute approximate surface area is 155 Å². The predicted octanol–water partition coefficient (Wildman–Crippen LogP) is 3.80. The van der Waals surface area contributed by atoms with Gasteiger partial charge in [0.15, 0.2) is 0 Å². The Hall–Kier alpha value is -2.15. The third-order valence-corrected chi connectivity index (χ3v) is 5.02. The van der Waals surface area contributed by atoms with Crippen molar-refractivity contribution in [1.29, 1.82) is 0 Å². The van der Waals surface area contributed by atoms with Gasteiger partial charge in [-0.25, -0.2) is 18.9 Å². The van der Waals surface area contributed by atoms with Gasteiger partial charge in [-0.2, -0.15) is 0 Å². The van der Waals surface area contributed by atoms with Crippen LogP contribution in [0, 0.1) is 5.82 Å². The number of rotatable bonds is 3. The van der Waals surface area contributed by atoms with Gasteiger partial charge < -0.3 is 10.1 Å². The van der Waals surface area contributed by atoms with Gasteiger partial charge in [-0.15, -0.1) is 0 Å². The summed E-state index contributed by atoms with van der Waals surface area (Å²) in [6.45, 7) is 3.33. The Morgan fingerprint density at radius 3 is 2.54 bits per heavy atom. The highest BCUT2D eigenvalue weighted by atomic mass is 35.5. The second-order valence-electron chi connectivity index (χ2n) is 6.95. The molecule has 3 rings (SSSR count). The first-order chi connectivity index (χ1) is 12.2. The Balaban J connectivity index is 1.99. The number of halogens is 2. The van der Waals surface area contributed by atoms with Gasteiger partial charge in [-0.3, -0.25) is 4.79 Å². The minimum atomic E-state index is -0.986. The molecule has 0 atom stereocenters. The van der Waals surface area contributed by atoms with E-state index < -0.39 is 35.4 Å². The zero-order chi connectivity index (χ0) is 19.1. The fourth-order valence-corrected chi connectivity index (χ4v) is 3.70. The molecule has 1 heterocycles. The van der Waals surface area contributed by atoms with Crippen LogP contribution in [0.25, 0.3) is 0 Å². The number of nitrogens with one attached hydrogen (secondary N) is 1. The Morgan fingerprint density at radius 2 is 1.92 bits per heavy atom. The molecule has 26 heavy (non-hydrogen) atoms. The molecule has 0 radical (unpaired) electrons. The van der Waals surface area contributed by atoms with Gasteiger partial charge >= 0.3 is 12.0 Å². The topological polar surface area (TPSA) is 75.7 Å². The number of nitrogens with zero attached hydrogens (tertiary/aromatic N) is 1. The number of imide groups is 1. The van der Waals surface area contributed by atoms with Crippen LogP contribution in [0.2, 0.25) is 5.02 Å². The molecule has 2 fully saturated rings. The largest absolute Gasteiger partial charge is 0.459 e. The van der Waals surface area contributed by atoms with E-state index in [2.05, 4.69) is 5.32 Å². The number of hydrogen-bond donors (Lipinski definition) is 1. The summed E-state index contributed by atoms with van der Waals surface area (Å²) in [5.41, 5.74) is -1.38. The number of esters is 1. The lowest BCUT2D eigenvalue weighted by molar-refractivity contribution is -0.123. The van der Waals surface area contributed by atoms with Crippen molar-refractivity contribution in [2.75, 3.05) is 4.90 Å². The third-order valence-electron chi connectivity index (χ3n) is 4.71. The van der Waals surface area contributed by atoms with Gasteiger partial charge in [0.25, 0.3) is 5.91 Å². The molecule has 3 amide bonds. The summed E-state index contributed by atoms with van der Waals surface area (Å²) in [7, 11) is 0. The Morgan fingerprint density at radius 1 is 1.27 bits per heavy atom. The normalized spacial score (nSPS) is 19.2. The van der Waals surface area contributed by atoms with E-state index in [1.54, 1.807) is 13.8 Å². The maximum atomic E-state index is 14.5. The van der Waals surface area contributed by atoms with Crippen molar-refractivity contribution >= 4 is 35.2 Å². The Kier molecular flexibility index (Phi) is 4.92. The van der Waals surface area contributed by atoms with Gasteiger partial charge in [-0.1, -0.05) is 30.9 Å². The van der Waals surface area contributed by atoms with Crippen LogP contribution < -0.4 is 10.2 Å². The first-order valence-corrected chi connectivity index (χ1v) is 9.00. The summed E-state index contributed by atoms with van der Waals surface area (Å²) in [6, 6.07) is 1.32. The van der Waals surface area contributed by atoms with Crippen molar-refractivity contribution < 1.29 is 23.5 Å². The van der Waals surface area contributed by atoms with Crippen molar-refractivity contribution in [1.82, 2.24) is 5.32 Å². The van der Waals surface area contributed by atoms with E-state index in [1.807, 2.05) is 0 Å². The average Bonchev–Trinajstić information content (AvgIpc) is 2.78. The maximum Gasteiger partial charge on any atom is 0.339 e. The smallest absolute Gasteiger partial charge is 0.339 e. The van der Waals surface area contributed by atoms with Crippen LogP contribution in [0.3, 0.4) is 0 Å². The van der Waals surface area contributed by atoms with E-state index in [9.17, 15) is 18.8 Å². The number of urea groups is 1. The van der Waals surface area contributed by atoms with Crippen LogP contribution in [0.15, 0.2) is 12.1 Å². The molecule has 2 aliphatic rings. The van der Waals surface area contributed by atoms with Crippen LogP contribution in [-0.2, 0) is 9.53 Å². The summed E-state index contributed by atoms with van der Waals surface area (Å²) >= 11 is 5.96. The zero-order valence-electron chi connectivity index (χ0n) is 14.6. The fourth-order valence-electron chi connectivity index (χ4n) is 3.48. The van der Waals surface area contributed by atoms with Gasteiger partial charge in [0.1, 0.15) is 11.4 Å². The number of hydrogen-bond acceptors (Lipinski definition) is 4. The maximum absolute atomic E-state index is 14.5. The van der Waals surface area contributed by atoms with E-state index in [0.29, 0.717) is 12.8 Å². The highest BCUT2D eigenvalue weighted by Crippen LogP contribution is 2.37. The van der Waals surface area contributed by atoms with Crippen LogP contribution in [0.5, 0.6) is 0 Å². The van der Waals surface area contributed by atoms with Gasteiger partial charge in [0.05, 0.1) is 22.4 Å². The molecule has 1 aromatic carbocycles. The fraction of sp³-hybridized carbons (Fsp3) is 0.500. The molecule has 8 heteroatoms. The average molecular weight is 383 g/mol. The molecule has 1 aliphatic heterocycles. The van der Waals surface area contributed by atoms with Gasteiger partial charge in [0, 0.05) is 0 Å². The van der Waals surface area contributed by atoms with E-state index >= 15 is 0 Å². The number of anilines is 1. The highest BCUT2D eigenvalue weighted by Gasteiger charge is 2.52. The summed E-state index contributed by atoms with van der Waals surface area (Å²) in [6.07, 6.45) is 3.26. The molecule has 0 bridgehead atoms. The quantitative estimate of drug-likeness (QED) is 0.637. The van der Waals surface area contributed by atoms with Crippen molar-refractivity contribution in [2.24, 2.45) is 0 Å². The van der Waals surface area contributed by atoms with E-state index in [1.165, 1.54) is 0 Å². The van der Waals surface area contributed by atoms with E-state index in [4.69, 9.17) is 16.3 Å². The highest BCUT2D eigenvalue weighted by molar-refractivity contribution is 6.34. The van der Waals surface area contributed by atoms with Crippen molar-refractivity contribution in [3.8, 4) is 0 Å². The predicted molar refractivity (Wildman–Crippen MR) is 93.8 cm³/mol. The van der Waals surface area contributed by atoms with Crippen molar-refractivity contribution in [3.63, 3.8) is 0 Å². The third kappa shape index (κ3) is 3.16. The minimum Gasteiger partial charge on any atom is -0.459 e. The summed E-state index contributed by atoms with van der Waals surface area (Å²) in [4.78, 5) is 38.3. The lowest BCUT2D eigenvalue weighted by Crippen LogP contribution is -2.48. The van der Waals surface area contributed by atoms with Crippen LogP contribution in [0.4, 0.5) is 14.9 Å². The molecule has 6 nitrogen and oxygen atoms in total.